The molecule has 4 nitrogen and oxygen atoms in total. The first-order chi connectivity index (χ1) is 7.93. The first-order valence-corrected chi connectivity index (χ1v) is 5.03. The summed E-state index contributed by atoms with van der Waals surface area (Å²) in [6.45, 7) is -1.10. The Balaban J connectivity index is 2.22. The minimum atomic E-state index is -2.77. The monoisotopic (exact) mass is 242 g/mol. The Bertz CT molecular complexity index is 455. The Labute approximate surface area is 97.0 Å². The molecule has 0 atom stereocenters. The zero-order valence-corrected chi connectivity index (χ0v) is 9.24. The molecule has 1 aliphatic heterocycles. The summed E-state index contributed by atoms with van der Waals surface area (Å²) in [5.41, 5.74) is 6.16. The van der Waals surface area contributed by atoms with Gasteiger partial charge < -0.3 is 15.4 Å². The van der Waals surface area contributed by atoms with E-state index in [4.69, 9.17) is 10.5 Å². The number of carbonyl (C=O) groups excluding carboxylic acids is 1. The largest absolute Gasteiger partial charge is 0.496 e. The molecule has 0 saturated carbocycles. The lowest BCUT2D eigenvalue weighted by Crippen LogP contribution is -2.58. The fraction of sp³-hybridized carbons (Fsp3) is 0.364. The number of likely N-dealkylation sites (tertiary alicyclic amines) is 1. The second kappa shape index (κ2) is 3.87. The molecule has 0 aliphatic carbocycles. The summed E-state index contributed by atoms with van der Waals surface area (Å²) < 4.78 is 30.4. The SMILES string of the molecule is COc1ccc(N)cc1C(=O)N1CC(F)(F)C1. The Morgan fingerprint density at radius 3 is 2.65 bits per heavy atom. The maximum atomic E-state index is 12.7. The number of nitrogens with zero attached hydrogens (tertiary/aromatic N) is 1. The van der Waals surface area contributed by atoms with E-state index in [1.54, 1.807) is 12.1 Å². The highest BCUT2D eigenvalue weighted by Crippen LogP contribution is 2.30. The van der Waals surface area contributed by atoms with Crippen LogP contribution in [0, 0.1) is 0 Å². The van der Waals surface area contributed by atoms with E-state index >= 15 is 0 Å². The van der Waals surface area contributed by atoms with Crippen LogP contribution in [0.25, 0.3) is 0 Å². The van der Waals surface area contributed by atoms with E-state index in [2.05, 4.69) is 0 Å². The lowest BCUT2D eigenvalue weighted by Gasteiger charge is -2.38. The Morgan fingerprint density at radius 1 is 1.47 bits per heavy atom. The number of methoxy groups -OCH3 is 1. The molecule has 0 radical (unpaired) electrons. The van der Waals surface area contributed by atoms with E-state index in [0.29, 0.717) is 11.4 Å². The summed E-state index contributed by atoms with van der Waals surface area (Å²) >= 11 is 0. The Hall–Kier alpha value is -1.85. The van der Waals surface area contributed by atoms with Crippen molar-refractivity contribution in [2.45, 2.75) is 5.92 Å². The number of hydrogen-bond acceptors (Lipinski definition) is 3. The number of hydrogen-bond donors (Lipinski definition) is 1. The number of benzene rings is 1. The fourth-order valence-corrected chi connectivity index (χ4v) is 1.72. The van der Waals surface area contributed by atoms with Gasteiger partial charge in [0.05, 0.1) is 25.8 Å². The number of halogens is 2. The van der Waals surface area contributed by atoms with Crippen molar-refractivity contribution in [3.8, 4) is 5.75 Å². The van der Waals surface area contributed by atoms with Crippen molar-refractivity contribution in [3.05, 3.63) is 23.8 Å². The molecule has 2 N–H and O–H groups in total. The van der Waals surface area contributed by atoms with Gasteiger partial charge in [0.15, 0.2) is 0 Å². The molecule has 0 spiro atoms. The lowest BCUT2D eigenvalue weighted by molar-refractivity contribution is -0.113. The third-order valence-electron chi connectivity index (χ3n) is 2.59. The van der Waals surface area contributed by atoms with Gasteiger partial charge in [0.25, 0.3) is 11.8 Å². The molecule has 6 heteroatoms. The predicted molar refractivity (Wildman–Crippen MR) is 58.3 cm³/mol. The van der Waals surface area contributed by atoms with Crippen LogP contribution in [0.15, 0.2) is 18.2 Å². The van der Waals surface area contributed by atoms with Crippen LogP contribution in [0.1, 0.15) is 10.4 Å². The molecule has 1 aliphatic rings. The van der Waals surface area contributed by atoms with Gasteiger partial charge in [0.2, 0.25) is 0 Å². The summed E-state index contributed by atoms with van der Waals surface area (Å²) in [4.78, 5) is 13.0. The Morgan fingerprint density at radius 2 is 2.12 bits per heavy atom. The summed E-state index contributed by atoms with van der Waals surface area (Å²) in [6, 6.07) is 4.55. The number of rotatable bonds is 2. The molecular weight excluding hydrogens is 230 g/mol. The number of carbonyl (C=O) groups is 1. The number of amides is 1. The smallest absolute Gasteiger partial charge is 0.282 e. The zero-order chi connectivity index (χ0) is 12.6. The summed E-state index contributed by atoms with van der Waals surface area (Å²) in [5.74, 6) is -2.93. The van der Waals surface area contributed by atoms with Crippen molar-refractivity contribution in [2.24, 2.45) is 0 Å². The average Bonchev–Trinajstić information content (AvgIpc) is 2.24. The van der Waals surface area contributed by atoms with E-state index < -0.39 is 24.9 Å². The Kier molecular flexibility index (Phi) is 2.65. The molecular formula is C11H12F2N2O2. The molecule has 0 bridgehead atoms. The maximum Gasteiger partial charge on any atom is 0.282 e. The van der Waals surface area contributed by atoms with Gasteiger partial charge in [-0.1, -0.05) is 0 Å². The van der Waals surface area contributed by atoms with Gasteiger partial charge in [-0.25, -0.2) is 8.78 Å². The third kappa shape index (κ3) is 2.15. The standard InChI is InChI=1S/C11H12F2N2O2/c1-17-9-3-2-7(14)4-8(9)10(16)15-5-11(12,13)6-15/h2-4H,5-6,14H2,1H3. The first kappa shape index (κ1) is 11.6. The lowest BCUT2D eigenvalue weighted by atomic mass is 10.1. The minimum absolute atomic E-state index is 0.211. The van der Waals surface area contributed by atoms with E-state index in [0.717, 1.165) is 4.90 Å². The van der Waals surface area contributed by atoms with Gasteiger partial charge >= 0.3 is 0 Å². The second-order valence-electron chi connectivity index (χ2n) is 3.98. The number of nitrogens with two attached hydrogens (primary N) is 1. The summed E-state index contributed by atoms with van der Waals surface area (Å²) in [6.07, 6.45) is 0. The number of anilines is 1. The second-order valence-corrected chi connectivity index (χ2v) is 3.98. The molecule has 1 heterocycles. The van der Waals surface area contributed by atoms with Crippen molar-refractivity contribution < 1.29 is 18.3 Å². The van der Waals surface area contributed by atoms with Gasteiger partial charge in [-0.05, 0) is 18.2 Å². The van der Waals surface area contributed by atoms with Crippen molar-refractivity contribution in [1.82, 2.24) is 4.90 Å². The quantitative estimate of drug-likeness (QED) is 0.797. The van der Waals surface area contributed by atoms with Crippen molar-refractivity contribution >= 4 is 11.6 Å². The molecule has 92 valence electrons. The van der Waals surface area contributed by atoms with Crippen LogP contribution in [0.2, 0.25) is 0 Å². The highest BCUT2D eigenvalue weighted by Gasteiger charge is 2.46. The maximum absolute atomic E-state index is 12.7. The normalized spacial score (nSPS) is 17.5. The first-order valence-electron chi connectivity index (χ1n) is 5.03. The van der Waals surface area contributed by atoms with E-state index in [1.165, 1.54) is 13.2 Å². The van der Waals surface area contributed by atoms with Crippen molar-refractivity contribution in [3.63, 3.8) is 0 Å². The highest BCUT2D eigenvalue weighted by molar-refractivity contribution is 5.98. The molecule has 2 rings (SSSR count). The van der Waals surface area contributed by atoms with Crippen LogP contribution in [0.5, 0.6) is 5.75 Å². The van der Waals surface area contributed by atoms with Crippen LogP contribution in [0.3, 0.4) is 0 Å². The van der Waals surface area contributed by atoms with Crippen LogP contribution in [-0.2, 0) is 0 Å². The van der Waals surface area contributed by atoms with E-state index in [-0.39, 0.29) is 5.56 Å². The highest BCUT2D eigenvalue weighted by atomic mass is 19.3. The summed E-state index contributed by atoms with van der Waals surface area (Å²) in [7, 11) is 1.41. The van der Waals surface area contributed by atoms with E-state index in [9.17, 15) is 13.6 Å². The predicted octanol–water partition coefficient (Wildman–Crippen LogP) is 1.37. The molecule has 17 heavy (non-hydrogen) atoms. The molecule has 1 saturated heterocycles. The van der Waals surface area contributed by atoms with Crippen LogP contribution in [-0.4, -0.2) is 36.9 Å². The van der Waals surface area contributed by atoms with Gasteiger partial charge in [0, 0.05) is 5.69 Å². The molecule has 0 aromatic heterocycles. The van der Waals surface area contributed by atoms with Gasteiger partial charge in [-0.15, -0.1) is 0 Å². The molecule has 1 aromatic carbocycles. The van der Waals surface area contributed by atoms with Crippen LogP contribution < -0.4 is 10.5 Å². The number of ether oxygens (including phenoxy) is 1. The zero-order valence-electron chi connectivity index (χ0n) is 9.24. The summed E-state index contributed by atoms with van der Waals surface area (Å²) in [5, 5.41) is 0. The van der Waals surface area contributed by atoms with E-state index in [1.807, 2.05) is 0 Å². The third-order valence-corrected chi connectivity index (χ3v) is 2.59. The molecule has 0 unspecified atom stereocenters. The van der Waals surface area contributed by atoms with Crippen LogP contribution in [0.4, 0.5) is 14.5 Å². The minimum Gasteiger partial charge on any atom is -0.496 e. The topological polar surface area (TPSA) is 55.6 Å². The van der Waals surface area contributed by atoms with Crippen molar-refractivity contribution in [2.75, 3.05) is 25.9 Å². The number of alkyl halides is 2. The fourth-order valence-electron chi connectivity index (χ4n) is 1.72. The average molecular weight is 242 g/mol. The van der Waals surface area contributed by atoms with Gasteiger partial charge in [-0.2, -0.15) is 0 Å². The molecule has 1 amide bonds. The molecule has 1 fully saturated rings. The van der Waals surface area contributed by atoms with Gasteiger partial charge in [0.1, 0.15) is 5.75 Å². The van der Waals surface area contributed by atoms with Crippen LogP contribution >= 0.6 is 0 Å². The van der Waals surface area contributed by atoms with Gasteiger partial charge in [-0.3, -0.25) is 4.79 Å². The number of nitrogen functional groups attached to an aromatic ring is 1. The molecule has 1 aromatic rings. The van der Waals surface area contributed by atoms with Crippen molar-refractivity contribution in [1.29, 1.82) is 0 Å².